The number of hydrogen-bond donors (Lipinski definition) is 1. The first-order valence-corrected chi connectivity index (χ1v) is 10.6. The van der Waals surface area contributed by atoms with Gasteiger partial charge in [0.05, 0.1) is 13.2 Å². The zero-order valence-electron chi connectivity index (χ0n) is 18.7. The predicted octanol–water partition coefficient (Wildman–Crippen LogP) is 2.03. The van der Waals surface area contributed by atoms with E-state index < -0.39 is 0 Å². The summed E-state index contributed by atoms with van der Waals surface area (Å²) in [4.78, 5) is 22.6. The number of ether oxygens (including phenoxy) is 1. The van der Waals surface area contributed by atoms with Crippen LogP contribution >= 0.6 is 24.0 Å². The van der Waals surface area contributed by atoms with Crippen LogP contribution < -0.4 is 5.32 Å². The molecule has 0 radical (unpaired) electrons. The quantitative estimate of drug-likeness (QED) is 0.368. The molecule has 2 aliphatic rings. The van der Waals surface area contributed by atoms with Gasteiger partial charge < -0.3 is 19.9 Å². The number of halogens is 1. The second kappa shape index (κ2) is 11.9. The Balaban J connectivity index is 0.00000320. The van der Waals surface area contributed by atoms with Crippen LogP contribution in [0.4, 0.5) is 0 Å². The highest BCUT2D eigenvalue weighted by Crippen LogP contribution is 2.25. The van der Waals surface area contributed by atoms with E-state index in [1.54, 1.807) is 6.92 Å². The average molecular weight is 529 g/mol. The Morgan fingerprint density at radius 1 is 1.17 bits per heavy atom. The molecule has 0 bridgehead atoms. The van der Waals surface area contributed by atoms with Crippen LogP contribution in [0, 0.1) is 13.8 Å². The van der Waals surface area contributed by atoms with Gasteiger partial charge in [0.25, 0.3) is 0 Å². The Kier molecular flexibility index (Phi) is 9.83. The Labute approximate surface area is 197 Å². The molecule has 1 amide bonds. The third-order valence-electron chi connectivity index (χ3n) is 5.88. The van der Waals surface area contributed by atoms with E-state index in [1.807, 2.05) is 11.9 Å². The molecule has 1 N–H and O–H groups in total. The number of aryl methyl sites for hydroxylation is 2. The van der Waals surface area contributed by atoms with Crippen molar-refractivity contribution in [1.29, 1.82) is 0 Å². The highest BCUT2D eigenvalue weighted by molar-refractivity contribution is 14.0. The van der Waals surface area contributed by atoms with Crippen LogP contribution in [0.3, 0.4) is 0 Å². The molecule has 2 aliphatic heterocycles. The van der Waals surface area contributed by atoms with Crippen molar-refractivity contribution in [2.75, 3.05) is 66.0 Å². The molecule has 0 aromatic heterocycles. The maximum absolute atomic E-state index is 11.5. The number of piperazine rings is 1. The molecular formula is C22H36IN5O2. The maximum Gasteiger partial charge on any atom is 0.219 e. The van der Waals surface area contributed by atoms with Crippen LogP contribution in [0.15, 0.2) is 23.2 Å². The fraction of sp³-hybridized carbons (Fsp3) is 0.636. The lowest BCUT2D eigenvalue weighted by atomic mass is 10.00. The largest absolute Gasteiger partial charge is 0.370 e. The topological polar surface area (TPSA) is 60.4 Å². The summed E-state index contributed by atoms with van der Waals surface area (Å²) in [6.07, 6.45) is 0.0718. The molecule has 2 heterocycles. The zero-order chi connectivity index (χ0) is 20.8. The normalized spacial score (nSPS) is 20.7. The molecule has 1 aromatic rings. The van der Waals surface area contributed by atoms with Crippen molar-refractivity contribution < 1.29 is 9.53 Å². The van der Waals surface area contributed by atoms with Crippen LogP contribution in [0.25, 0.3) is 0 Å². The molecule has 3 rings (SSSR count). The zero-order valence-corrected chi connectivity index (χ0v) is 21.0. The van der Waals surface area contributed by atoms with Crippen LogP contribution in [-0.4, -0.2) is 92.6 Å². The van der Waals surface area contributed by atoms with Crippen LogP contribution in [0.5, 0.6) is 0 Å². The number of carbonyl (C=O) groups excluding carboxylic acids is 1. The highest BCUT2D eigenvalue weighted by Gasteiger charge is 2.25. The summed E-state index contributed by atoms with van der Waals surface area (Å²) >= 11 is 0. The lowest BCUT2D eigenvalue weighted by molar-refractivity contribution is -0.130. The number of benzene rings is 1. The number of hydrogen-bond acceptors (Lipinski definition) is 4. The molecule has 168 valence electrons. The molecule has 0 saturated carbocycles. The van der Waals surface area contributed by atoms with Gasteiger partial charge in [-0.1, -0.05) is 23.8 Å². The SMILES string of the molecule is CN=C(NCCN1CCN(C(C)=O)CC1)N1CCOC(c2ccc(C)cc2C)C1.I. The minimum atomic E-state index is 0. The third kappa shape index (κ3) is 6.55. The Hall–Kier alpha value is -1.39. The summed E-state index contributed by atoms with van der Waals surface area (Å²) in [7, 11) is 1.84. The number of nitrogens with one attached hydrogen (secondary N) is 1. The molecule has 0 aliphatic carbocycles. The van der Waals surface area contributed by atoms with Crippen molar-refractivity contribution in [1.82, 2.24) is 20.0 Å². The van der Waals surface area contributed by atoms with Crippen molar-refractivity contribution in [2.24, 2.45) is 4.99 Å². The summed E-state index contributed by atoms with van der Waals surface area (Å²) < 4.78 is 6.07. The van der Waals surface area contributed by atoms with E-state index in [9.17, 15) is 4.79 Å². The van der Waals surface area contributed by atoms with Crippen LogP contribution in [-0.2, 0) is 9.53 Å². The van der Waals surface area contributed by atoms with Crippen molar-refractivity contribution in [3.8, 4) is 0 Å². The summed E-state index contributed by atoms with van der Waals surface area (Å²) in [6.45, 7) is 13.6. The second-order valence-corrected chi connectivity index (χ2v) is 7.99. The molecule has 0 spiro atoms. The number of guanidine groups is 1. The van der Waals surface area contributed by atoms with Gasteiger partial charge in [-0.05, 0) is 25.0 Å². The van der Waals surface area contributed by atoms with Crippen molar-refractivity contribution in [3.05, 3.63) is 34.9 Å². The predicted molar refractivity (Wildman–Crippen MR) is 132 cm³/mol. The summed E-state index contributed by atoms with van der Waals surface area (Å²) in [5.41, 5.74) is 3.82. The molecule has 1 unspecified atom stereocenters. The van der Waals surface area contributed by atoms with E-state index in [0.29, 0.717) is 6.61 Å². The molecule has 8 heteroatoms. The van der Waals surface area contributed by atoms with Gasteiger partial charge in [-0.2, -0.15) is 0 Å². The van der Waals surface area contributed by atoms with E-state index in [-0.39, 0.29) is 36.0 Å². The Bertz CT molecular complexity index is 734. The second-order valence-electron chi connectivity index (χ2n) is 7.99. The molecule has 7 nitrogen and oxygen atoms in total. The first kappa shape index (κ1) is 24.9. The van der Waals surface area contributed by atoms with E-state index in [2.05, 4.69) is 52.2 Å². The Morgan fingerprint density at radius 2 is 1.90 bits per heavy atom. The minimum Gasteiger partial charge on any atom is -0.370 e. The van der Waals surface area contributed by atoms with E-state index in [4.69, 9.17) is 4.74 Å². The fourth-order valence-electron chi connectivity index (χ4n) is 4.16. The van der Waals surface area contributed by atoms with Gasteiger partial charge >= 0.3 is 0 Å². The molecular weight excluding hydrogens is 493 g/mol. The first-order chi connectivity index (χ1) is 14.0. The summed E-state index contributed by atoms with van der Waals surface area (Å²) in [5.74, 6) is 1.11. The third-order valence-corrected chi connectivity index (χ3v) is 5.88. The standard InChI is InChI=1S/C22H35N5O2.HI/c1-17-5-6-20(18(2)15-17)21-16-27(13-14-29-21)22(23-4)24-7-8-25-9-11-26(12-10-25)19(3)28;/h5-6,15,21H,7-14,16H2,1-4H3,(H,23,24);1H. The van der Waals surface area contributed by atoms with E-state index in [0.717, 1.165) is 58.3 Å². The molecule has 30 heavy (non-hydrogen) atoms. The van der Waals surface area contributed by atoms with E-state index in [1.165, 1.54) is 16.7 Å². The summed E-state index contributed by atoms with van der Waals surface area (Å²) in [5, 5.41) is 3.51. The molecule has 1 atom stereocenters. The number of nitrogens with zero attached hydrogens (tertiary/aromatic N) is 4. The van der Waals surface area contributed by atoms with Gasteiger partial charge in [0.15, 0.2) is 5.96 Å². The summed E-state index contributed by atoms with van der Waals surface area (Å²) in [6, 6.07) is 6.57. The lowest BCUT2D eigenvalue weighted by Crippen LogP contribution is -2.52. The average Bonchev–Trinajstić information content (AvgIpc) is 2.71. The van der Waals surface area contributed by atoms with Gasteiger partial charge in [0.1, 0.15) is 6.10 Å². The Morgan fingerprint density at radius 3 is 2.53 bits per heavy atom. The lowest BCUT2D eigenvalue weighted by Gasteiger charge is -2.37. The van der Waals surface area contributed by atoms with Crippen LogP contribution in [0.2, 0.25) is 0 Å². The fourth-order valence-corrected chi connectivity index (χ4v) is 4.16. The minimum absolute atomic E-state index is 0. The van der Waals surface area contributed by atoms with E-state index >= 15 is 0 Å². The number of morpholine rings is 1. The molecule has 2 fully saturated rings. The molecule has 1 aromatic carbocycles. The van der Waals surface area contributed by atoms with Gasteiger partial charge in [-0.15, -0.1) is 24.0 Å². The van der Waals surface area contributed by atoms with Gasteiger partial charge in [-0.25, -0.2) is 0 Å². The number of carbonyl (C=O) groups is 1. The van der Waals surface area contributed by atoms with Gasteiger partial charge in [-0.3, -0.25) is 14.7 Å². The highest BCUT2D eigenvalue weighted by atomic mass is 127. The van der Waals surface area contributed by atoms with Gasteiger partial charge in [0, 0.05) is 59.8 Å². The maximum atomic E-state index is 11.5. The smallest absolute Gasteiger partial charge is 0.219 e. The number of rotatable bonds is 4. The van der Waals surface area contributed by atoms with Crippen molar-refractivity contribution >= 4 is 35.8 Å². The van der Waals surface area contributed by atoms with Crippen LogP contribution in [0.1, 0.15) is 29.7 Å². The van der Waals surface area contributed by atoms with Crippen molar-refractivity contribution in [3.63, 3.8) is 0 Å². The first-order valence-electron chi connectivity index (χ1n) is 10.6. The molecule has 2 saturated heterocycles. The number of aliphatic imine (C=N–C) groups is 1. The number of amides is 1. The monoisotopic (exact) mass is 529 g/mol. The van der Waals surface area contributed by atoms with Gasteiger partial charge in [0.2, 0.25) is 5.91 Å². The van der Waals surface area contributed by atoms with Crippen molar-refractivity contribution in [2.45, 2.75) is 26.9 Å².